The van der Waals surface area contributed by atoms with Gasteiger partial charge in [0.05, 0.1) is 11.1 Å². The Morgan fingerprint density at radius 2 is 2.32 bits per heavy atom. The molecule has 1 atom stereocenters. The molecule has 0 fully saturated rings. The largest absolute Gasteiger partial charge is 0.482 e. The van der Waals surface area contributed by atoms with Crippen molar-refractivity contribution < 1.29 is 13.9 Å². The summed E-state index contributed by atoms with van der Waals surface area (Å²) in [4.78, 5) is 15.5. The number of fused-ring (bicyclic) bond motifs is 1. The van der Waals surface area contributed by atoms with E-state index >= 15 is 0 Å². The van der Waals surface area contributed by atoms with Crippen molar-refractivity contribution in [2.24, 2.45) is 0 Å². The lowest BCUT2D eigenvalue weighted by Crippen LogP contribution is -2.40. The molecule has 0 spiro atoms. The second-order valence-electron chi connectivity index (χ2n) is 5.18. The van der Waals surface area contributed by atoms with E-state index in [1.807, 2.05) is 11.8 Å². The topological polar surface area (TPSA) is 29.5 Å². The van der Waals surface area contributed by atoms with Crippen molar-refractivity contribution in [3.8, 4) is 5.75 Å². The van der Waals surface area contributed by atoms with Crippen molar-refractivity contribution in [2.75, 3.05) is 13.2 Å². The van der Waals surface area contributed by atoms with Crippen LogP contribution in [0.3, 0.4) is 0 Å². The third kappa shape index (κ3) is 2.96. The Balaban J connectivity index is 1.65. The zero-order chi connectivity index (χ0) is 15.7. The van der Waals surface area contributed by atoms with Crippen molar-refractivity contribution >= 4 is 28.8 Å². The lowest BCUT2D eigenvalue weighted by molar-refractivity contribution is -0.135. The standard InChI is InChI=1S/C16H15ClFNO2S/c1-10-12-5-7-22-15(12)4-6-19(10)16(20)9-21-14-3-2-11(18)8-13(14)17/h2-3,5,7-8,10H,4,6,9H2,1H3/t10-/m0/s1. The first-order valence-electron chi connectivity index (χ1n) is 7.00. The first kappa shape index (κ1) is 15.3. The molecule has 22 heavy (non-hydrogen) atoms. The Kier molecular flexibility index (Phi) is 4.36. The molecular weight excluding hydrogens is 325 g/mol. The SMILES string of the molecule is C[C@H]1c2ccsc2CCN1C(=O)COc1ccc(F)cc1Cl. The molecule has 2 heterocycles. The number of thiophene rings is 1. The predicted octanol–water partition coefficient (Wildman–Crippen LogP) is 4.07. The first-order chi connectivity index (χ1) is 10.6. The van der Waals surface area contributed by atoms with Gasteiger partial charge in [-0.25, -0.2) is 4.39 Å². The fourth-order valence-electron chi connectivity index (χ4n) is 2.66. The van der Waals surface area contributed by atoms with Gasteiger partial charge in [0.15, 0.2) is 6.61 Å². The number of halogens is 2. The number of carbonyl (C=O) groups excluding carboxylic acids is 1. The number of hydrogen-bond donors (Lipinski definition) is 0. The van der Waals surface area contributed by atoms with Gasteiger partial charge in [-0.15, -0.1) is 11.3 Å². The van der Waals surface area contributed by atoms with Crippen LogP contribution in [0, 0.1) is 5.82 Å². The van der Waals surface area contributed by atoms with Crippen LogP contribution in [0.4, 0.5) is 4.39 Å². The van der Waals surface area contributed by atoms with E-state index in [2.05, 4.69) is 11.4 Å². The van der Waals surface area contributed by atoms with E-state index < -0.39 is 5.82 Å². The zero-order valence-corrected chi connectivity index (χ0v) is 13.6. The van der Waals surface area contributed by atoms with Crippen LogP contribution in [-0.4, -0.2) is 24.0 Å². The minimum atomic E-state index is -0.432. The van der Waals surface area contributed by atoms with E-state index in [4.69, 9.17) is 16.3 Å². The summed E-state index contributed by atoms with van der Waals surface area (Å²) < 4.78 is 18.4. The van der Waals surface area contributed by atoms with Gasteiger partial charge < -0.3 is 9.64 Å². The van der Waals surface area contributed by atoms with Crippen molar-refractivity contribution in [2.45, 2.75) is 19.4 Å². The van der Waals surface area contributed by atoms with Crippen LogP contribution in [0.1, 0.15) is 23.4 Å². The molecule has 0 N–H and O–H groups in total. The van der Waals surface area contributed by atoms with E-state index in [1.165, 1.54) is 28.6 Å². The molecule has 1 aromatic heterocycles. The smallest absolute Gasteiger partial charge is 0.261 e. The van der Waals surface area contributed by atoms with Crippen LogP contribution in [0.5, 0.6) is 5.75 Å². The molecule has 0 unspecified atom stereocenters. The van der Waals surface area contributed by atoms with Crippen LogP contribution >= 0.6 is 22.9 Å². The summed E-state index contributed by atoms with van der Waals surface area (Å²) >= 11 is 7.63. The summed E-state index contributed by atoms with van der Waals surface area (Å²) in [5.74, 6) is -0.208. The van der Waals surface area contributed by atoms with E-state index in [0.29, 0.717) is 12.3 Å². The quantitative estimate of drug-likeness (QED) is 0.843. The highest BCUT2D eigenvalue weighted by molar-refractivity contribution is 7.10. The van der Waals surface area contributed by atoms with Crippen molar-refractivity contribution in [3.63, 3.8) is 0 Å². The molecule has 1 amide bonds. The van der Waals surface area contributed by atoms with Gasteiger partial charge in [-0.05, 0) is 48.6 Å². The molecular formula is C16H15ClFNO2S. The van der Waals surface area contributed by atoms with Crippen molar-refractivity contribution in [1.29, 1.82) is 0 Å². The minimum Gasteiger partial charge on any atom is -0.482 e. The number of hydrogen-bond acceptors (Lipinski definition) is 3. The maximum absolute atomic E-state index is 13.0. The Hall–Kier alpha value is -1.59. The van der Waals surface area contributed by atoms with Gasteiger partial charge in [0.25, 0.3) is 5.91 Å². The highest BCUT2D eigenvalue weighted by atomic mass is 35.5. The Morgan fingerprint density at radius 1 is 1.50 bits per heavy atom. The lowest BCUT2D eigenvalue weighted by atomic mass is 10.0. The molecule has 3 nitrogen and oxygen atoms in total. The second-order valence-corrected chi connectivity index (χ2v) is 6.58. The minimum absolute atomic E-state index is 0.0507. The summed E-state index contributed by atoms with van der Waals surface area (Å²) in [7, 11) is 0. The molecule has 3 rings (SSSR count). The monoisotopic (exact) mass is 339 g/mol. The van der Waals surface area contributed by atoms with Gasteiger partial charge in [-0.1, -0.05) is 11.6 Å². The maximum atomic E-state index is 13.0. The van der Waals surface area contributed by atoms with E-state index in [1.54, 1.807) is 11.3 Å². The maximum Gasteiger partial charge on any atom is 0.261 e. The third-order valence-electron chi connectivity index (χ3n) is 3.84. The molecule has 0 bridgehead atoms. The van der Waals surface area contributed by atoms with Gasteiger partial charge >= 0.3 is 0 Å². The van der Waals surface area contributed by atoms with Crippen molar-refractivity contribution in [3.05, 3.63) is 50.9 Å². The number of rotatable bonds is 3. The second kappa shape index (κ2) is 6.26. The lowest BCUT2D eigenvalue weighted by Gasteiger charge is -2.33. The van der Waals surface area contributed by atoms with Gasteiger partial charge in [0.2, 0.25) is 0 Å². The highest BCUT2D eigenvalue weighted by Crippen LogP contribution is 2.33. The van der Waals surface area contributed by atoms with E-state index in [9.17, 15) is 9.18 Å². The summed E-state index contributed by atoms with van der Waals surface area (Å²) in [6.45, 7) is 2.61. The Bertz CT molecular complexity index is 703. The first-order valence-corrected chi connectivity index (χ1v) is 8.25. The molecule has 0 saturated carbocycles. The summed E-state index contributed by atoms with van der Waals surface area (Å²) in [6, 6.07) is 5.98. The van der Waals surface area contributed by atoms with Crippen LogP contribution in [-0.2, 0) is 11.2 Å². The predicted molar refractivity (Wildman–Crippen MR) is 85.1 cm³/mol. The average molecular weight is 340 g/mol. The molecule has 2 aromatic rings. The van der Waals surface area contributed by atoms with Crippen LogP contribution in [0.15, 0.2) is 29.6 Å². The summed E-state index contributed by atoms with van der Waals surface area (Å²) in [6.07, 6.45) is 0.875. The highest BCUT2D eigenvalue weighted by Gasteiger charge is 2.28. The van der Waals surface area contributed by atoms with E-state index in [0.717, 1.165) is 6.42 Å². The molecule has 1 aromatic carbocycles. The fourth-order valence-corrected chi connectivity index (χ4v) is 3.85. The van der Waals surface area contributed by atoms with Gasteiger partial charge in [0.1, 0.15) is 11.6 Å². The van der Waals surface area contributed by atoms with Crippen LogP contribution < -0.4 is 4.74 Å². The third-order valence-corrected chi connectivity index (χ3v) is 5.13. The summed E-state index contributed by atoms with van der Waals surface area (Å²) in [5.41, 5.74) is 1.21. The molecule has 0 aliphatic carbocycles. The number of carbonyl (C=O) groups is 1. The van der Waals surface area contributed by atoms with Gasteiger partial charge in [-0.2, -0.15) is 0 Å². The Labute approximate surface area is 137 Å². The summed E-state index contributed by atoms with van der Waals surface area (Å²) in [5, 5.41) is 2.23. The number of ether oxygens (including phenoxy) is 1. The number of benzene rings is 1. The molecule has 6 heteroatoms. The zero-order valence-electron chi connectivity index (χ0n) is 12.0. The van der Waals surface area contributed by atoms with Crippen LogP contribution in [0.25, 0.3) is 0 Å². The Morgan fingerprint density at radius 3 is 3.09 bits per heavy atom. The normalized spacial score (nSPS) is 17.2. The van der Waals surface area contributed by atoms with Crippen molar-refractivity contribution in [1.82, 2.24) is 4.90 Å². The molecule has 0 saturated heterocycles. The van der Waals surface area contributed by atoms with E-state index in [-0.39, 0.29) is 23.6 Å². The molecule has 1 aliphatic rings. The van der Waals surface area contributed by atoms with Gasteiger partial charge in [-0.3, -0.25) is 4.79 Å². The number of amides is 1. The van der Waals surface area contributed by atoms with Crippen LogP contribution in [0.2, 0.25) is 5.02 Å². The number of nitrogens with zero attached hydrogens (tertiary/aromatic N) is 1. The molecule has 0 radical (unpaired) electrons. The average Bonchev–Trinajstić information content (AvgIpc) is 2.96. The molecule has 1 aliphatic heterocycles. The molecule has 116 valence electrons. The van der Waals surface area contributed by atoms with Gasteiger partial charge in [0, 0.05) is 11.4 Å². The fraction of sp³-hybridized carbons (Fsp3) is 0.312.